The Labute approximate surface area is 107 Å². The van der Waals surface area contributed by atoms with E-state index < -0.39 is 0 Å². The summed E-state index contributed by atoms with van der Waals surface area (Å²) in [4.78, 5) is 5.60. The van der Waals surface area contributed by atoms with Crippen molar-refractivity contribution in [2.45, 2.75) is 13.5 Å². The number of rotatable bonds is 3. The van der Waals surface area contributed by atoms with Gasteiger partial charge in [0.25, 0.3) is 0 Å². The Morgan fingerprint density at radius 2 is 2.19 bits per heavy atom. The minimum Gasteiger partial charge on any atom is -0.396 e. The average Bonchev–Trinajstić information content (AvgIpc) is 2.66. The largest absolute Gasteiger partial charge is 0.396 e. The van der Waals surface area contributed by atoms with Crippen molar-refractivity contribution in [2.75, 3.05) is 11.1 Å². The molecule has 0 spiro atoms. The van der Waals surface area contributed by atoms with E-state index in [9.17, 15) is 0 Å². The molecule has 2 rings (SSSR count). The van der Waals surface area contributed by atoms with Gasteiger partial charge in [0, 0.05) is 10.6 Å². The van der Waals surface area contributed by atoms with E-state index in [2.05, 4.69) is 32.3 Å². The molecule has 0 bridgehead atoms. The average molecular weight is 298 g/mol. The van der Waals surface area contributed by atoms with Gasteiger partial charge in [0.15, 0.2) is 0 Å². The molecule has 0 atom stereocenters. The summed E-state index contributed by atoms with van der Waals surface area (Å²) < 4.78 is 1.13. The van der Waals surface area contributed by atoms with Crippen molar-refractivity contribution in [2.24, 2.45) is 0 Å². The zero-order valence-corrected chi connectivity index (χ0v) is 11.2. The first-order chi connectivity index (χ1) is 7.65. The molecule has 0 aliphatic rings. The zero-order chi connectivity index (χ0) is 11.5. The van der Waals surface area contributed by atoms with E-state index in [1.165, 1.54) is 4.88 Å². The number of anilines is 2. The van der Waals surface area contributed by atoms with Crippen LogP contribution in [0.3, 0.4) is 0 Å². The molecule has 3 nitrogen and oxygen atoms in total. The Bertz CT molecular complexity index is 496. The molecule has 2 aromatic rings. The predicted molar refractivity (Wildman–Crippen MR) is 72.7 cm³/mol. The molecule has 5 heteroatoms. The lowest BCUT2D eigenvalue weighted by Crippen LogP contribution is -2.04. The first-order valence-electron chi connectivity index (χ1n) is 4.86. The molecular weight excluding hydrogens is 286 g/mol. The molecule has 0 saturated carbocycles. The molecule has 2 heterocycles. The highest BCUT2D eigenvalue weighted by Gasteiger charge is 2.02. The summed E-state index contributed by atoms with van der Waals surface area (Å²) in [6.45, 7) is 2.70. The van der Waals surface area contributed by atoms with Gasteiger partial charge in [0.2, 0.25) is 0 Å². The quantitative estimate of drug-likeness (QED) is 0.913. The normalized spacial score (nSPS) is 10.4. The van der Waals surface area contributed by atoms with Gasteiger partial charge in [0.1, 0.15) is 5.82 Å². The molecule has 16 heavy (non-hydrogen) atoms. The zero-order valence-electron chi connectivity index (χ0n) is 8.83. The van der Waals surface area contributed by atoms with E-state index in [1.54, 1.807) is 11.3 Å². The van der Waals surface area contributed by atoms with Crippen molar-refractivity contribution in [1.82, 2.24) is 4.98 Å². The number of aromatic nitrogens is 1. The number of nitrogens with two attached hydrogens (primary N) is 1. The van der Waals surface area contributed by atoms with Crippen LogP contribution in [0.1, 0.15) is 10.6 Å². The molecule has 0 aliphatic heterocycles. The molecule has 3 N–H and O–H groups in total. The van der Waals surface area contributed by atoms with Gasteiger partial charge in [0.05, 0.1) is 16.0 Å². The molecule has 0 fully saturated rings. The lowest BCUT2D eigenvalue weighted by Gasteiger charge is -2.07. The highest BCUT2D eigenvalue weighted by atomic mass is 79.9. The number of thiophene rings is 1. The van der Waals surface area contributed by atoms with E-state index in [4.69, 9.17) is 5.73 Å². The SMILES string of the molecule is Cc1ccc(N)c(NCc2ccc(Br)s2)n1. The topological polar surface area (TPSA) is 50.9 Å². The third kappa shape index (κ3) is 2.74. The second-order valence-electron chi connectivity index (χ2n) is 3.45. The summed E-state index contributed by atoms with van der Waals surface area (Å²) in [6.07, 6.45) is 0. The Kier molecular flexibility index (Phi) is 3.46. The maximum Gasteiger partial charge on any atom is 0.149 e. The molecule has 0 saturated heterocycles. The van der Waals surface area contributed by atoms with Crippen molar-refractivity contribution in [3.8, 4) is 0 Å². The monoisotopic (exact) mass is 297 g/mol. The number of pyridine rings is 1. The Morgan fingerprint density at radius 1 is 1.38 bits per heavy atom. The summed E-state index contributed by atoms with van der Waals surface area (Å²) in [5.74, 6) is 0.754. The van der Waals surface area contributed by atoms with Crippen molar-refractivity contribution in [1.29, 1.82) is 0 Å². The van der Waals surface area contributed by atoms with E-state index in [0.717, 1.165) is 21.8 Å². The van der Waals surface area contributed by atoms with Crippen LogP contribution in [0, 0.1) is 6.92 Å². The van der Waals surface area contributed by atoms with Gasteiger partial charge in [-0.25, -0.2) is 4.98 Å². The van der Waals surface area contributed by atoms with E-state index in [-0.39, 0.29) is 0 Å². The fraction of sp³-hybridized carbons (Fsp3) is 0.182. The van der Waals surface area contributed by atoms with Crippen LogP contribution >= 0.6 is 27.3 Å². The Hall–Kier alpha value is -1.07. The lowest BCUT2D eigenvalue weighted by atomic mass is 10.3. The number of nitrogens with zero attached hydrogens (tertiary/aromatic N) is 1. The van der Waals surface area contributed by atoms with Crippen LogP contribution in [0.5, 0.6) is 0 Å². The van der Waals surface area contributed by atoms with Crippen LogP contribution in [0.4, 0.5) is 11.5 Å². The summed E-state index contributed by atoms with van der Waals surface area (Å²) in [5, 5.41) is 3.24. The van der Waals surface area contributed by atoms with Crippen molar-refractivity contribution >= 4 is 38.8 Å². The molecule has 0 aliphatic carbocycles. The summed E-state index contributed by atoms with van der Waals surface area (Å²) in [5.41, 5.74) is 7.47. The summed E-state index contributed by atoms with van der Waals surface area (Å²) >= 11 is 5.14. The summed E-state index contributed by atoms with van der Waals surface area (Å²) in [6, 6.07) is 7.89. The van der Waals surface area contributed by atoms with Crippen molar-refractivity contribution in [3.05, 3.63) is 38.6 Å². The van der Waals surface area contributed by atoms with Crippen molar-refractivity contribution in [3.63, 3.8) is 0 Å². The van der Waals surface area contributed by atoms with Gasteiger partial charge >= 0.3 is 0 Å². The predicted octanol–water partition coefficient (Wildman–Crippen LogP) is 3.41. The van der Waals surface area contributed by atoms with Gasteiger partial charge in [-0.05, 0) is 47.1 Å². The van der Waals surface area contributed by atoms with Gasteiger partial charge in [-0.15, -0.1) is 11.3 Å². The Balaban J connectivity index is 2.07. The third-order valence-corrected chi connectivity index (χ3v) is 3.75. The minimum absolute atomic E-state index is 0.682. The fourth-order valence-electron chi connectivity index (χ4n) is 1.33. The number of hydrogen-bond donors (Lipinski definition) is 2. The van der Waals surface area contributed by atoms with Crippen LogP contribution in [0.25, 0.3) is 0 Å². The van der Waals surface area contributed by atoms with Crippen LogP contribution in [-0.4, -0.2) is 4.98 Å². The molecule has 84 valence electrons. The third-order valence-electron chi connectivity index (χ3n) is 2.12. The van der Waals surface area contributed by atoms with Crippen molar-refractivity contribution < 1.29 is 0 Å². The van der Waals surface area contributed by atoms with E-state index in [1.807, 2.05) is 25.1 Å². The lowest BCUT2D eigenvalue weighted by molar-refractivity contribution is 1.11. The number of nitrogens with one attached hydrogen (secondary N) is 1. The van der Waals surface area contributed by atoms with Crippen LogP contribution in [-0.2, 0) is 6.54 Å². The van der Waals surface area contributed by atoms with Crippen LogP contribution in [0.2, 0.25) is 0 Å². The number of nitrogen functional groups attached to an aromatic ring is 1. The second kappa shape index (κ2) is 4.84. The van der Waals surface area contributed by atoms with Crippen LogP contribution in [0.15, 0.2) is 28.1 Å². The summed E-state index contributed by atoms with van der Waals surface area (Å²) in [7, 11) is 0. The van der Waals surface area contributed by atoms with Gasteiger partial charge in [-0.1, -0.05) is 0 Å². The maximum absolute atomic E-state index is 5.83. The van der Waals surface area contributed by atoms with E-state index >= 15 is 0 Å². The minimum atomic E-state index is 0.682. The highest BCUT2D eigenvalue weighted by Crippen LogP contribution is 2.23. The number of hydrogen-bond acceptors (Lipinski definition) is 4. The second-order valence-corrected chi connectivity index (χ2v) is 6.00. The smallest absolute Gasteiger partial charge is 0.149 e. The molecule has 0 radical (unpaired) electrons. The molecule has 2 aromatic heterocycles. The molecule has 0 amide bonds. The molecule has 0 unspecified atom stereocenters. The van der Waals surface area contributed by atoms with Gasteiger partial charge in [-0.2, -0.15) is 0 Å². The highest BCUT2D eigenvalue weighted by molar-refractivity contribution is 9.11. The number of aryl methyl sites for hydroxylation is 1. The first-order valence-corrected chi connectivity index (χ1v) is 6.47. The van der Waals surface area contributed by atoms with E-state index in [0.29, 0.717) is 5.69 Å². The molecular formula is C11H12BrN3S. The standard InChI is InChI=1S/C11H12BrN3S/c1-7-2-4-9(13)11(15-7)14-6-8-3-5-10(12)16-8/h2-5H,6,13H2,1H3,(H,14,15). The Morgan fingerprint density at radius 3 is 2.88 bits per heavy atom. The van der Waals surface area contributed by atoms with Crippen LogP contribution < -0.4 is 11.1 Å². The number of halogens is 1. The molecule has 0 aromatic carbocycles. The maximum atomic E-state index is 5.83. The van der Waals surface area contributed by atoms with Gasteiger partial charge in [-0.3, -0.25) is 0 Å². The van der Waals surface area contributed by atoms with Gasteiger partial charge < -0.3 is 11.1 Å². The fourth-order valence-corrected chi connectivity index (χ4v) is 2.75. The first kappa shape index (κ1) is 11.4.